The molecule has 1 amide bonds. The van der Waals surface area contributed by atoms with Crippen LogP contribution in [0.2, 0.25) is 0 Å². The van der Waals surface area contributed by atoms with Crippen LogP contribution in [0.4, 0.5) is 13.2 Å². The lowest BCUT2D eigenvalue weighted by Gasteiger charge is -2.22. The van der Waals surface area contributed by atoms with Gasteiger partial charge < -0.3 is 4.90 Å². The molecule has 0 saturated carbocycles. The van der Waals surface area contributed by atoms with E-state index < -0.39 is 12.7 Å². The van der Waals surface area contributed by atoms with Crippen molar-refractivity contribution in [1.29, 1.82) is 0 Å². The molecule has 7 heteroatoms. The van der Waals surface area contributed by atoms with E-state index in [0.717, 1.165) is 0 Å². The topological polar surface area (TPSA) is 40.6 Å². The Bertz CT molecular complexity index is 570. The van der Waals surface area contributed by atoms with Gasteiger partial charge in [-0.1, -0.05) is 12.1 Å². The average molecular weight is 328 g/mol. The first kappa shape index (κ1) is 17.5. The zero-order chi connectivity index (χ0) is 17.0. The average Bonchev–Trinajstić information content (AvgIpc) is 2.70. The van der Waals surface area contributed by atoms with Gasteiger partial charge in [0.05, 0.1) is 6.54 Å². The molecule has 0 unspecified atom stereocenters. The normalized spacial score (nSPS) is 17.0. The van der Waals surface area contributed by atoms with Crippen LogP contribution >= 0.6 is 0 Å². The lowest BCUT2D eigenvalue weighted by atomic mass is 10.1. The third-order valence-corrected chi connectivity index (χ3v) is 3.82. The maximum Gasteiger partial charge on any atom is 0.401 e. The summed E-state index contributed by atoms with van der Waals surface area (Å²) in [7, 11) is 0. The Hall–Kier alpha value is -1.89. The number of rotatable bonds is 3. The highest BCUT2D eigenvalue weighted by molar-refractivity contribution is 5.97. The van der Waals surface area contributed by atoms with Crippen molar-refractivity contribution in [2.24, 2.45) is 0 Å². The van der Waals surface area contributed by atoms with Crippen molar-refractivity contribution in [3.05, 3.63) is 35.4 Å². The van der Waals surface area contributed by atoms with E-state index in [1.807, 2.05) is 0 Å². The molecule has 4 nitrogen and oxygen atoms in total. The smallest absolute Gasteiger partial charge is 0.337 e. The van der Waals surface area contributed by atoms with Crippen molar-refractivity contribution in [2.45, 2.75) is 19.5 Å². The van der Waals surface area contributed by atoms with Crippen molar-refractivity contribution >= 4 is 11.7 Å². The van der Waals surface area contributed by atoms with Gasteiger partial charge in [0.2, 0.25) is 0 Å². The summed E-state index contributed by atoms with van der Waals surface area (Å²) in [5.74, 6) is -0.296. The predicted molar refractivity (Wildman–Crippen MR) is 79.5 cm³/mol. The number of halogens is 3. The molecule has 1 heterocycles. The van der Waals surface area contributed by atoms with Gasteiger partial charge in [-0.05, 0) is 25.5 Å². The minimum atomic E-state index is -4.22. The second-order valence-electron chi connectivity index (χ2n) is 5.67. The first-order valence-corrected chi connectivity index (χ1v) is 7.45. The second kappa shape index (κ2) is 7.12. The molecular formula is C16H19F3N2O2. The van der Waals surface area contributed by atoms with Crippen LogP contribution in [0.1, 0.15) is 34.1 Å². The van der Waals surface area contributed by atoms with Gasteiger partial charge in [-0.15, -0.1) is 0 Å². The van der Waals surface area contributed by atoms with Gasteiger partial charge in [-0.2, -0.15) is 13.2 Å². The molecule has 0 bridgehead atoms. The molecule has 23 heavy (non-hydrogen) atoms. The Morgan fingerprint density at radius 2 is 1.61 bits per heavy atom. The lowest BCUT2D eigenvalue weighted by Crippen LogP contribution is -2.38. The number of ketones is 1. The monoisotopic (exact) mass is 328 g/mol. The van der Waals surface area contributed by atoms with Crippen LogP contribution < -0.4 is 0 Å². The minimum absolute atomic E-state index is 0.0819. The number of hydrogen-bond acceptors (Lipinski definition) is 3. The Balaban J connectivity index is 1.99. The van der Waals surface area contributed by atoms with E-state index in [1.54, 1.807) is 29.2 Å². The fourth-order valence-electron chi connectivity index (χ4n) is 2.62. The summed E-state index contributed by atoms with van der Waals surface area (Å²) in [6, 6.07) is 6.33. The molecule has 0 aliphatic carbocycles. The van der Waals surface area contributed by atoms with Gasteiger partial charge in [0, 0.05) is 37.3 Å². The fourth-order valence-corrected chi connectivity index (χ4v) is 2.62. The van der Waals surface area contributed by atoms with Crippen LogP contribution in [0.3, 0.4) is 0 Å². The van der Waals surface area contributed by atoms with E-state index in [1.165, 1.54) is 11.8 Å². The van der Waals surface area contributed by atoms with E-state index in [4.69, 9.17) is 0 Å². The molecule has 126 valence electrons. The maximum atomic E-state index is 12.4. The third-order valence-electron chi connectivity index (χ3n) is 3.82. The molecule has 0 spiro atoms. The molecule has 0 radical (unpaired) electrons. The van der Waals surface area contributed by atoms with Crippen molar-refractivity contribution < 1.29 is 22.8 Å². The second-order valence-corrected chi connectivity index (χ2v) is 5.67. The third kappa shape index (κ3) is 5.06. The number of nitrogens with zero attached hydrogens (tertiary/aromatic N) is 2. The molecule has 0 aromatic heterocycles. The standard InChI is InChI=1S/C16H19F3N2O2/c1-12(22)13-3-5-14(6-4-13)15(23)21-8-2-7-20(9-10-21)11-16(17,18)19/h3-6H,2,7-11H2,1H3. The fraction of sp³-hybridized carbons (Fsp3) is 0.500. The zero-order valence-corrected chi connectivity index (χ0v) is 12.9. The van der Waals surface area contributed by atoms with E-state index in [2.05, 4.69) is 0 Å². The number of alkyl halides is 3. The number of carbonyl (C=O) groups excluding carboxylic acids is 2. The molecule has 1 fully saturated rings. The van der Waals surface area contributed by atoms with Crippen LogP contribution in [-0.2, 0) is 0 Å². The summed E-state index contributed by atoms with van der Waals surface area (Å²) in [6.07, 6.45) is -3.71. The molecule has 1 aromatic rings. The lowest BCUT2D eigenvalue weighted by molar-refractivity contribution is -0.145. The first-order valence-electron chi connectivity index (χ1n) is 7.45. The Morgan fingerprint density at radius 1 is 1.00 bits per heavy atom. The van der Waals surface area contributed by atoms with Gasteiger partial charge >= 0.3 is 6.18 Å². The summed E-state index contributed by atoms with van der Waals surface area (Å²) in [5, 5.41) is 0. The molecule has 0 atom stereocenters. The van der Waals surface area contributed by atoms with E-state index >= 15 is 0 Å². The van der Waals surface area contributed by atoms with E-state index in [-0.39, 0.29) is 24.8 Å². The van der Waals surface area contributed by atoms with Crippen LogP contribution in [0.25, 0.3) is 0 Å². The number of benzene rings is 1. The van der Waals surface area contributed by atoms with Crippen molar-refractivity contribution in [2.75, 3.05) is 32.7 Å². The molecule has 1 saturated heterocycles. The summed E-state index contributed by atoms with van der Waals surface area (Å²) in [4.78, 5) is 26.6. The molecular weight excluding hydrogens is 309 g/mol. The highest BCUT2D eigenvalue weighted by Gasteiger charge is 2.31. The number of amides is 1. The van der Waals surface area contributed by atoms with Gasteiger partial charge in [0.1, 0.15) is 0 Å². The Labute approximate surface area is 132 Å². The maximum absolute atomic E-state index is 12.4. The highest BCUT2D eigenvalue weighted by atomic mass is 19.4. The quantitative estimate of drug-likeness (QED) is 0.801. The molecule has 1 aliphatic heterocycles. The zero-order valence-electron chi connectivity index (χ0n) is 12.9. The van der Waals surface area contributed by atoms with E-state index in [0.29, 0.717) is 30.6 Å². The van der Waals surface area contributed by atoms with Crippen molar-refractivity contribution in [1.82, 2.24) is 9.80 Å². The van der Waals surface area contributed by atoms with Crippen LogP contribution in [0.5, 0.6) is 0 Å². The molecule has 1 aliphatic rings. The molecule has 0 N–H and O–H groups in total. The van der Waals surface area contributed by atoms with Gasteiger partial charge in [-0.3, -0.25) is 14.5 Å². The SMILES string of the molecule is CC(=O)c1ccc(C(=O)N2CCCN(CC(F)(F)F)CC2)cc1. The van der Waals surface area contributed by atoms with Crippen LogP contribution in [0, 0.1) is 0 Å². The number of Topliss-reactive ketones (excluding diaryl/α,β-unsaturated/α-hetero) is 1. The van der Waals surface area contributed by atoms with Crippen molar-refractivity contribution in [3.8, 4) is 0 Å². The summed E-state index contributed by atoms with van der Waals surface area (Å²) >= 11 is 0. The Kier molecular flexibility index (Phi) is 5.41. The highest BCUT2D eigenvalue weighted by Crippen LogP contribution is 2.18. The molecule has 2 rings (SSSR count). The Morgan fingerprint density at radius 3 is 2.17 bits per heavy atom. The predicted octanol–water partition coefficient (Wildman–Crippen LogP) is 2.60. The van der Waals surface area contributed by atoms with Gasteiger partial charge in [-0.25, -0.2) is 0 Å². The van der Waals surface area contributed by atoms with Crippen LogP contribution in [0.15, 0.2) is 24.3 Å². The number of carbonyl (C=O) groups is 2. The number of hydrogen-bond donors (Lipinski definition) is 0. The summed E-state index contributed by atoms with van der Waals surface area (Å²) in [6.45, 7) is 1.73. The van der Waals surface area contributed by atoms with Crippen LogP contribution in [-0.4, -0.2) is 60.4 Å². The summed E-state index contributed by atoms with van der Waals surface area (Å²) in [5.41, 5.74) is 0.966. The summed E-state index contributed by atoms with van der Waals surface area (Å²) < 4.78 is 37.3. The van der Waals surface area contributed by atoms with Crippen molar-refractivity contribution in [3.63, 3.8) is 0 Å². The molecule has 1 aromatic carbocycles. The van der Waals surface area contributed by atoms with Gasteiger partial charge in [0.25, 0.3) is 5.91 Å². The minimum Gasteiger partial charge on any atom is -0.337 e. The van der Waals surface area contributed by atoms with E-state index in [9.17, 15) is 22.8 Å². The first-order chi connectivity index (χ1) is 10.8. The largest absolute Gasteiger partial charge is 0.401 e. The van der Waals surface area contributed by atoms with Gasteiger partial charge in [0.15, 0.2) is 5.78 Å².